The molecule has 0 bridgehead atoms. The topological polar surface area (TPSA) is 82.0 Å². The van der Waals surface area contributed by atoms with Gasteiger partial charge in [-0.25, -0.2) is 0 Å². The van der Waals surface area contributed by atoms with Gasteiger partial charge in [-0.05, 0) is 12.1 Å². The molecule has 0 fully saturated rings. The summed E-state index contributed by atoms with van der Waals surface area (Å²) in [6.07, 6.45) is 1.29. The van der Waals surface area contributed by atoms with E-state index in [2.05, 4.69) is 15.4 Å². The number of nitrogens with one attached hydrogen (secondary N) is 1. The zero-order chi connectivity index (χ0) is 9.52. The molecule has 1 aromatic carbocycles. The molecule has 3 N–H and O–H groups in total. The van der Waals surface area contributed by atoms with Gasteiger partial charge in [0.05, 0.1) is 6.20 Å². The quantitative estimate of drug-likeness (QED) is 0.561. The van der Waals surface area contributed by atoms with Crippen LogP contribution in [-0.2, 0) is 0 Å². The van der Waals surface area contributed by atoms with Crippen LogP contribution >= 0.6 is 0 Å². The van der Waals surface area contributed by atoms with E-state index in [4.69, 9.17) is 10.2 Å². The molecule has 0 atom stereocenters. The molecule has 2 aromatic rings. The van der Waals surface area contributed by atoms with E-state index in [1.165, 1.54) is 6.20 Å². The zero-order valence-electron chi connectivity index (χ0n) is 6.75. The van der Waals surface area contributed by atoms with Gasteiger partial charge in [0.15, 0.2) is 0 Å². The Morgan fingerprint density at radius 3 is 2.00 bits per heavy atom. The van der Waals surface area contributed by atoms with Crippen LogP contribution in [-0.4, -0.2) is 25.6 Å². The first-order valence-electron chi connectivity index (χ1n) is 3.58. The average Bonchev–Trinajstić information content (AvgIpc) is 2.58. The summed E-state index contributed by atoms with van der Waals surface area (Å²) in [6, 6.07) is 8.71. The van der Waals surface area contributed by atoms with Crippen molar-refractivity contribution in [1.29, 1.82) is 0 Å². The van der Waals surface area contributed by atoms with Gasteiger partial charge in [-0.3, -0.25) is 5.10 Å². The van der Waals surface area contributed by atoms with Crippen LogP contribution in [0.15, 0.2) is 36.5 Å². The van der Waals surface area contributed by atoms with Gasteiger partial charge in [0.1, 0.15) is 5.75 Å². The van der Waals surface area contributed by atoms with Crippen LogP contribution in [0.5, 0.6) is 11.6 Å². The van der Waals surface area contributed by atoms with E-state index in [-0.39, 0.29) is 5.88 Å². The third-order valence-electron chi connectivity index (χ3n) is 1.16. The van der Waals surface area contributed by atoms with Crippen molar-refractivity contribution in [3.05, 3.63) is 36.5 Å². The Balaban J connectivity index is 0.000000132. The summed E-state index contributed by atoms with van der Waals surface area (Å²) in [5.74, 6) is 0.248. The molecule has 13 heavy (non-hydrogen) atoms. The van der Waals surface area contributed by atoms with Gasteiger partial charge in [-0.2, -0.15) is 0 Å². The number of hydrogen-bond acceptors (Lipinski definition) is 4. The second-order valence-electron chi connectivity index (χ2n) is 2.17. The van der Waals surface area contributed by atoms with Crippen LogP contribution in [0.3, 0.4) is 0 Å². The van der Waals surface area contributed by atoms with Gasteiger partial charge in [0.25, 0.3) is 5.88 Å². The molecule has 0 saturated carbocycles. The van der Waals surface area contributed by atoms with E-state index in [1.54, 1.807) is 24.3 Å². The highest BCUT2D eigenvalue weighted by Crippen LogP contribution is 2.02. The first-order valence-corrected chi connectivity index (χ1v) is 3.58. The second kappa shape index (κ2) is 4.76. The maximum Gasteiger partial charge on any atom is 0.250 e. The molecule has 0 spiro atoms. The Kier molecular flexibility index (Phi) is 3.31. The largest absolute Gasteiger partial charge is 0.508 e. The first-order chi connectivity index (χ1) is 6.29. The molecule has 0 amide bonds. The van der Waals surface area contributed by atoms with E-state index in [0.29, 0.717) is 5.75 Å². The van der Waals surface area contributed by atoms with Crippen LogP contribution in [0.25, 0.3) is 0 Å². The number of para-hydroxylation sites is 1. The molecular formula is C8H9N3O2. The second-order valence-corrected chi connectivity index (χ2v) is 2.17. The van der Waals surface area contributed by atoms with Gasteiger partial charge < -0.3 is 10.2 Å². The monoisotopic (exact) mass is 179 g/mol. The SMILES string of the molecule is Oc1c[nH]nn1.Oc1ccccc1. The Morgan fingerprint density at radius 2 is 1.77 bits per heavy atom. The van der Waals surface area contributed by atoms with Crippen molar-refractivity contribution in [2.24, 2.45) is 0 Å². The molecule has 0 aliphatic rings. The van der Waals surface area contributed by atoms with E-state index in [1.807, 2.05) is 6.07 Å². The van der Waals surface area contributed by atoms with E-state index < -0.39 is 0 Å². The average molecular weight is 179 g/mol. The molecule has 0 aliphatic heterocycles. The normalized spacial score (nSPS) is 8.62. The fourth-order valence-electron chi connectivity index (χ4n) is 0.624. The molecule has 5 heteroatoms. The Labute approximate surface area is 74.7 Å². The summed E-state index contributed by atoms with van der Waals surface area (Å²) < 4.78 is 0. The third kappa shape index (κ3) is 3.76. The summed E-state index contributed by atoms with van der Waals surface area (Å²) in [5, 5.41) is 25.6. The van der Waals surface area contributed by atoms with Crippen LogP contribution in [0.4, 0.5) is 0 Å². The Morgan fingerprint density at radius 1 is 1.08 bits per heavy atom. The van der Waals surface area contributed by atoms with Crippen molar-refractivity contribution in [2.45, 2.75) is 0 Å². The van der Waals surface area contributed by atoms with Crippen molar-refractivity contribution in [3.8, 4) is 11.6 Å². The number of rotatable bonds is 0. The van der Waals surface area contributed by atoms with Gasteiger partial charge >= 0.3 is 0 Å². The molecule has 1 aromatic heterocycles. The standard InChI is InChI=1S/C6H6O.C2H3N3O/c7-6-4-2-1-3-5-6;6-2-1-3-5-4-2/h1-5,7H;1H,(H2,3,4,5,6). The minimum Gasteiger partial charge on any atom is -0.508 e. The number of phenolic OH excluding ortho intramolecular Hbond substituents is 1. The van der Waals surface area contributed by atoms with Crippen LogP contribution in [0, 0.1) is 0 Å². The van der Waals surface area contributed by atoms with Gasteiger partial charge in [0.2, 0.25) is 0 Å². The molecule has 1 heterocycles. The zero-order valence-corrected chi connectivity index (χ0v) is 6.75. The number of phenols is 1. The number of nitrogens with zero attached hydrogens (tertiary/aromatic N) is 2. The molecule has 5 nitrogen and oxygen atoms in total. The summed E-state index contributed by atoms with van der Waals surface area (Å²) in [7, 11) is 0. The minimum atomic E-state index is -0.0741. The number of aromatic nitrogens is 3. The number of aromatic amines is 1. The van der Waals surface area contributed by atoms with Gasteiger partial charge in [0, 0.05) is 0 Å². The number of benzene rings is 1. The number of H-pyrrole nitrogens is 1. The van der Waals surface area contributed by atoms with Crippen LogP contribution in [0.2, 0.25) is 0 Å². The molecule has 0 saturated heterocycles. The minimum absolute atomic E-state index is 0.0741. The lowest BCUT2D eigenvalue weighted by molar-refractivity contribution is 0.452. The maximum atomic E-state index is 8.63. The Bertz CT molecular complexity index is 320. The van der Waals surface area contributed by atoms with Gasteiger partial charge in [-0.1, -0.05) is 28.5 Å². The molecule has 68 valence electrons. The van der Waals surface area contributed by atoms with Crippen molar-refractivity contribution in [3.63, 3.8) is 0 Å². The lowest BCUT2D eigenvalue weighted by Crippen LogP contribution is -1.63. The van der Waals surface area contributed by atoms with Crippen molar-refractivity contribution >= 4 is 0 Å². The van der Waals surface area contributed by atoms with Crippen molar-refractivity contribution in [2.75, 3.05) is 0 Å². The van der Waals surface area contributed by atoms with E-state index >= 15 is 0 Å². The lowest BCUT2D eigenvalue weighted by Gasteiger charge is -1.82. The first kappa shape index (κ1) is 9.05. The molecule has 0 radical (unpaired) electrons. The highest BCUT2D eigenvalue weighted by Gasteiger charge is 1.80. The van der Waals surface area contributed by atoms with Crippen LogP contribution < -0.4 is 0 Å². The fraction of sp³-hybridized carbons (Fsp3) is 0. The summed E-state index contributed by atoms with van der Waals surface area (Å²) in [6.45, 7) is 0. The van der Waals surface area contributed by atoms with E-state index in [0.717, 1.165) is 0 Å². The van der Waals surface area contributed by atoms with Crippen molar-refractivity contribution in [1.82, 2.24) is 15.4 Å². The molecular weight excluding hydrogens is 170 g/mol. The predicted octanol–water partition coefficient (Wildman–Crippen LogP) is 0.902. The highest BCUT2D eigenvalue weighted by molar-refractivity contribution is 5.18. The molecule has 0 unspecified atom stereocenters. The highest BCUT2D eigenvalue weighted by atomic mass is 16.3. The molecule has 0 aliphatic carbocycles. The van der Waals surface area contributed by atoms with E-state index in [9.17, 15) is 0 Å². The predicted molar refractivity (Wildman–Crippen MR) is 46.2 cm³/mol. The lowest BCUT2D eigenvalue weighted by atomic mass is 10.3. The molecule has 2 rings (SSSR count). The summed E-state index contributed by atoms with van der Waals surface area (Å²) in [4.78, 5) is 0. The smallest absolute Gasteiger partial charge is 0.250 e. The number of hydrogen-bond donors (Lipinski definition) is 3. The van der Waals surface area contributed by atoms with Crippen LogP contribution in [0.1, 0.15) is 0 Å². The fourth-order valence-corrected chi connectivity index (χ4v) is 0.624. The third-order valence-corrected chi connectivity index (χ3v) is 1.16. The Hall–Kier alpha value is -2.04. The maximum absolute atomic E-state index is 8.63. The number of aromatic hydroxyl groups is 2. The summed E-state index contributed by atoms with van der Waals surface area (Å²) >= 11 is 0. The van der Waals surface area contributed by atoms with Gasteiger partial charge in [-0.15, -0.1) is 0 Å². The van der Waals surface area contributed by atoms with Crippen molar-refractivity contribution < 1.29 is 10.2 Å². The summed E-state index contributed by atoms with van der Waals surface area (Å²) in [5.41, 5.74) is 0.